The Balaban J connectivity index is 0. The second-order valence-corrected chi connectivity index (χ2v) is 11.8. The summed E-state index contributed by atoms with van der Waals surface area (Å²) in [6.45, 7) is 27.6. The van der Waals surface area contributed by atoms with Crippen molar-refractivity contribution in [1.82, 2.24) is 0 Å². The summed E-state index contributed by atoms with van der Waals surface area (Å²) in [5.74, 6) is 0. The first-order chi connectivity index (χ1) is 11.5. The van der Waals surface area contributed by atoms with Crippen LogP contribution in [-0.4, -0.2) is 0 Å². The molecule has 0 heterocycles. The number of benzene rings is 1. The van der Waals surface area contributed by atoms with Crippen LogP contribution >= 0.6 is 0 Å². The summed E-state index contributed by atoms with van der Waals surface area (Å²) >= 11 is 0. The molecule has 0 amide bonds. The van der Waals surface area contributed by atoms with E-state index in [1.165, 1.54) is 30.4 Å². The molecule has 0 radical (unpaired) electrons. The second kappa shape index (κ2) is 11.9. The summed E-state index contributed by atoms with van der Waals surface area (Å²) in [5.41, 5.74) is 4.41. The van der Waals surface area contributed by atoms with Crippen LogP contribution < -0.4 is 51.4 Å². The molecule has 0 aliphatic carbocycles. The van der Waals surface area contributed by atoms with Crippen LogP contribution in [-0.2, 0) is 5.41 Å². The maximum atomic E-state index is 2.41. The fourth-order valence-electron chi connectivity index (χ4n) is 4.74. The van der Waals surface area contributed by atoms with E-state index in [2.05, 4.69) is 114 Å². The van der Waals surface area contributed by atoms with E-state index in [1.54, 1.807) is 0 Å². The van der Waals surface area contributed by atoms with Crippen LogP contribution in [0.25, 0.3) is 0 Å². The van der Waals surface area contributed by atoms with Crippen molar-refractivity contribution in [2.24, 2.45) is 16.2 Å². The van der Waals surface area contributed by atoms with Gasteiger partial charge < -0.3 is 6.42 Å². The molecule has 0 nitrogen and oxygen atoms in total. The van der Waals surface area contributed by atoms with Gasteiger partial charge in [-0.15, -0.1) is 0 Å². The van der Waals surface area contributed by atoms with E-state index in [1.807, 2.05) is 0 Å². The molecule has 0 saturated carbocycles. The molecule has 1 aromatic rings. The Bertz CT molecular complexity index is 524. The van der Waals surface area contributed by atoms with Gasteiger partial charge in [-0.2, -0.15) is 11.8 Å². The van der Waals surface area contributed by atoms with Crippen LogP contribution in [0.4, 0.5) is 0 Å². The molecule has 0 fully saturated rings. The minimum atomic E-state index is 0. The Morgan fingerprint density at radius 1 is 0.741 bits per heavy atom. The van der Waals surface area contributed by atoms with Gasteiger partial charge in [0.15, 0.2) is 0 Å². The number of aryl methyl sites for hydroxylation is 1. The smallest absolute Gasteiger partial charge is 0.323 e. The molecule has 0 aliphatic rings. The summed E-state index contributed by atoms with van der Waals surface area (Å²) in [6, 6.07) is 8.74. The first-order valence-corrected chi connectivity index (χ1v) is 10.4. The molecule has 0 bridgehead atoms. The molecular formula is C26H47K. The predicted octanol–water partition coefficient (Wildman–Crippen LogP) is 5.78. The van der Waals surface area contributed by atoms with Gasteiger partial charge in [0.2, 0.25) is 0 Å². The molecule has 1 heteroatoms. The average Bonchev–Trinajstić information content (AvgIpc) is 2.33. The molecule has 1 aromatic carbocycles. The summed E-state index contributed by atoms with van der Waals surface area (Å²) in [5, 5.41) is 0. The van der Waals surface area contributed by atoms with Crippen molar-refractivity contribution in [1.29, 1.82) is 0 Å². The molecule has 0 aromatic heterocycles. The van der Waals surface area contributed by atoms with E-state index >= 15 is 0 Å². The van der Waals surface area contributed by atoms with Crippen LogP contribution in [0.15, 0.2) is 24.3 Å². The van der Waals surface area contributed by atoms with Crippen LogP contribution in [0.5, 0.6) is 0 Å². The number of rotatable bonds is 5. The minimum Gasteiger partial charge on any atom is -0.323 e. The number of hydrogen-bond donors (Lipinski definition) is 0. The largest absolute Gasteiger partial charge is 1.00 e. The fourth-order valence-corrected chi connectivity index (χ4v) is 4.74. The standard InChI is InChI=1S/C15H24.C11H23.K/c1-12-9-7-8-10-13(12)15(5,6)11-14(2,3)4;1-7-8-11(5,6)9-10(2,3)4;/h7-10H,11H2,1-6H3;8H,7,9H2,1-6H3;/q;-1;+1. The maximum Gasteiger partial charge on any atom is 1.00 e. The molecule has 0 atom stereocenters. The molecule has 0 saturated heterocycles. The Morgan fingerprint density at radius 3 is 1.56 bits per heavy atom. The molecule has 152 valence electrons. The van der Waals surface area contributed by atoms with Gasteiger partial charge in [-0.05, 0) is 40.7 Å². The van der Waals surface area contributed by atoms with Crippen LogP contribution in [0.2, 0.25) is 0 Å². The van der Waals surface area contributed by atoms with E-state index in [0.717, 1.165) is 0 Å². The average molecular weight is 399 g/mol. The Labute approximate surface area is 215 Å². The van der Waals surface area contributed by atoms with Crippen molar-refractivity contribution < 1.29 is 51.4 Å². The van der Waals surface area contributed by atoms with Crippen LogP contribution in [0.3, 0.4) is 0 Å². The third kappa shape index (κ3) is 14.5. The third-order valence-electron chi connectivity index (χ3n) is 4.59. The van der Waals surface area contributed by atoms with E-state index in [0.29, 0.717) is 16.2 Å². The molecule has 0 N–H and O–H groups in total. The first kappa shape index (κ1) is 30.1. The van der Waals surface area contributed by atoms with Crippen molar-refractivity contribution in [3.05, 3.63) is 41.8 Å². The van der Waals surface area contributed by atoms with E-state index in [9.17, 15) is 0 Å². The Kier molecular flexibility index (Phi) is 13.2. The fraction of sp³-hybridized carbons (Fsp3) is 0.731. The number of hydrogen-bond acceptors (Lipinski definition) is 0. The van der Waals surface area contributed by atoms with Gasteiger partial charge in [-0.1, -0.05) is 107 Å². The van der Waals surface area contributed by atoms with Crippen molar-refractivity contribution >= 4 is 0 Å². The van der Waals surface area contributed by atoms with Gasteiger partial charge in [0.25, 0.3) is 0 Å². The zero-order valence-corrected chi connectivity index (χ0v) is 24.1. The minimum absolute atomic E-state index is 0. The third-order valence-corrected chi connectivity index (χ3v) is 4.59. The molecular weight excluding hydrogens is 351 g/mol. The Morgan fingerprint density at radius 2 is 1.19 bits per heavy atom. The zero-order chi connectivity index (χ0) is 20.8. The normalized spacial score (nSPS) is 12.7. The van der Waals surface area contributed by atoms with Gasteiger partial charge in [-0.25, -0.2) is 0 Å². The van der Waals surface area contributed by atoms with Crippen LogP contribution in [0.1, 0.15) is 107 Å². The SMILES string of the molecule is CC[CH-]C(C)(C)CC(C)(C)C.Cc1ccccc1C(C)(C)CC(C)(C)C.[K+]. The quantitative estimate of drug-likeness (QED) is 0.436. The zero-order valence-electron chi connectivity index (χ0n) is 21.0. The summed E-state index contributed by atoms with van der Waals surface area (Å²) in [6.07, 6.45) is 6.08. The summed E-state index contributed by atoms with van der Waals surface area (Å²) in [7, 11) is 0. The second-order valence-electron chi connectivity index (χ2n) is 11.8. The van der Waals surface area contributed by atoms with Crippen LogP contribution in [0, 0.1) is 29.6 Å². The molecule has 27 heavy (non-hydrogen) atoms. The van der Waals surface area contributed by atoms with Gasteiger partial charge in [-0.3, -0.25) is 0 Å². The first-order valence-electron chi connectivity index (χ1n) is 10.4. The monoisotopic (exact) mass is 398 g/mol. The Hall–Kier alpha value is 0.856. The van der Waals surface area contributed by atoms with Gasteiger partial charge in [0.05, 0.1) is 0 Å². The van der Waals surface area contributed by atoms with Crippen molar-refractivity contribution in [3.63, 3.8) is 0 Å². The van der Waals surface area contributed by atoms with E-state index in [4.69, 9.17) is 0 Å². The molecule has 0 aliphatic heterocycles. The van der Waals surface area contributed by atoms with E-state index < -0.39 is 0 Å². The molecule has 0 spiro atoms. The van der Waals surface area contributed by atoms with Crippen molar-refractivity contribution in [2.75, 3.05) is 0 Å². The summed E-state index contributed by atoms with van der Waals surface area (Å²) < 4.78 is 0. The van der Waals surface area contributed by atoms with Crippen molar-refractivity contribution in [2.45, 2.75) is 108 Å². The summed E-state index contributed by atoms with van der Waals surface area (Å²) in [4.78, 5) is 0. The predicted molar refractivity (Wildman–Crippen MR) is 121 cm³/mol. The topological polar surface area (TPSA) is 0 Å². The van der Waals surface area contributed by atoms with Crippen molar-refractivity contribution in [3.8, 4) is 0 Å². The molecule has 1 rings (SSSR count). The maximum absolute atomic E-state index is 2.41. The van der Waals surface area contributed by atoms with E-state index in [-0.39, 0.29) is 56.8 Å². The van der Waals surface area contributed by atoms with Gasteiger partial charge in [0.1, 0.15) is 0 Å². The van der Waals surface area contributed by atoms with Gasteiger partial charge >= 0.3 is 51.4 Å². The van der Waals surface area contributed by atoms with Gasteiger partial charge in [0, 0.05) is 0 Å². The molecule has 0 unspecified atom stereocenters.